The Balaban J connectivity index is 1.52. The van der Waals surface area contributed by atoms with Crippen molar-refractivity contribution < 1.29 is 24.3 Å². The minimum absolute atomic E-state index is 0.0756. The zero-order valence-corrected chi connectivity index (χ0v) is 15.6. The van der Waals surface area contributed by atoms with Gasteiger partial charge in [-0.25, -0.2) is 4.79 Å². The first-order chi connectivity index (χ1) is 13.5. The van der Waals surface area contributed by atoms with Crippen LogP contribution in [0.3, 0.4) is 0 Å². The van der Waals surface area contributed by atoms with E-state index in [0.29, 0.717) is 17.9 Å². The molecule has 1 aromatic carbocycles. The Morgan fingerprint density at radius 3 is 2.36 bits per heavy atom. The van der Waals surface area contributed by atoms with Crippen molar-refractivity contribution in [2.45, 2.75) is 63.5 Å². The molecule has 2 fully saturated rings. The Kier molecular flexibility index (Phi) is 4.91. The molecule has 148 valence electrons. The van der Waals surface area contributed by atoms with Crippen LogP contribution in [0.2, 0.25) is 0 Å². The topological polar surface area (TPSA) is 104 Å². The maximum Gasteiger partial charge on any atom is 0.326 e. The molecule has 3 amide bonds. The third-order valence-corrected chi connectivity index (χ3v) is 5.99. The summed E-state index contributed by atoms with van der Waals surface area (Å²) in [5, 5.41) is 11.9. The van der Waals surface area contributed by atoms with Crippen LogP contribution in [0.4, 0.5) is 0 Å². The third kappa shape index (κ3) is 3.53. The Labute approximate surface area is 163 Å². The minimum Gasteiger partial charge on any atom is -0.480 e. The molecule has 0 spiro atoms. The van der Waals surface area contributed by atoms with Crippen LogP contribution in [0.1, 0.15) is 82.4 Å². The van der Waals surface area contributed by atoms with Crippen LogP contribution in [0.25, 0.3) is 0 Å². The molecular weight excluding hydrogens is 360 g/mol. The van der Waals surface area contributed by atoms with Gasteiger partial charge in [0.05, 0.1) is 11.1 Å². The molecule has 1 heterocycles. The van der Waals surface area contributed by atoms with E-state index in [2.05, 4.69) is 5.32 Å². The molecule has 0 bridgehead atoms. The lowest BCUT2D eigenvalue weighted by Crippen LogP contribution is -2.41. The number of aliphatic carboxylic acids is 1. The lowest BCUT2D eigenvalue weighted by Gasteiger charge is -2.29. The standard InChI is InChI=1S/C21H24N2O5/c24-18(22-17(21(27)28)10-12-6-7-12)13-8-9-15-16(11-13)20(26)23(19(15)25)14-4-2-1-3-5-14/h8-9,11-12,14,17H,1-7,10H2,(H,22,24)(H,27,28). The quantitative estimate of drug-likeness (QED) is 0.734. The first kappa shape index (κ1) is 18.7. The monoisotopic (exact) mass is 384 g/mol. The molecular formula is C21H24N2O5. The van der Waals surface area contributed by atoms with E-state index in [-0.39, 0.29) is 29.0 Å². The van der Waals surface area contributed by atoms with E-state index < -0.39 is 17.9 Å². The molecule has 2 saturated carbocycles. The molecule has 4 rings (SSSR count). The maximum atomic E-state index is 12.8. The molecule has 1 unspecified atom stereocenters. The predicted octanol–water partition coefficient (Wildman–Crippen LogP) is 2.60. The second-order valence-electron chi connectivity index (χ2n) is 8.08. The van der Waals surface area contributed by atoms with Crippen molar-refractivity contribution in [2.75, 3.05) is 0 Å². The maximum absolute atomic E-state index is 12.8. The van der Waals surface area contributed by atoms with Gasteiger partial charge in [0.15, 0.2) is 0 Å². The number of carbonyl (C=O) groups excluding carboxylic acids is 3. The highest BCUT2D eigenvalue weighted by molar-refractivity contribution is 6.22. The van der Waals surface area contributed by atoms with Crippen LogP contribution >= 0.6 is 0 Å². The Morgan fingerprint density at radius 1 is 1.04 bits per heavy atom. The minimum atomic E-state index is -1.06. The number of nitrogens with zero attached hydrogens (tertiary/aromatic N) is 1. The van der Waals surface area contributed by atoms with Gasteiger partial charge in [-0.05, 0) is 43.4 Å². The molecule has 0 aromatic heterocycles. The summed E-state index contributed by atoms with van der Waals surface area (Å²) in [5.41, 5.74) is 0.754. The lowest BCUT2D eigenvalue weighted by molar-refractivity contribution is -0.139. The number of benzene rings is 1. The van der Waals surface area contributed by atoms with E-state index in [1.807, 2.05) is 0 Å². The van der Waals surface area contributed by atoms with E-state index in [4.69, 9.17) is 0 Å². The summed E-state index contributed by atoms with van der Waals surface area (Å²) in [6, 6.07) is 3.39. The van der Waals surface area contributed by atoms with Crippen LogP contribution in [-0.2, 0) is 4.79 Å². The van der Waals surface area contributed by atoms with Gasteiger partial charge in [0.1, 0.15) is 6.04 Å². The van der Waals surface area contributed by atoms with Gasteiger partial charge in [0.25, 0.3) is 17.7 Å². The molecule has 28 heavy (non-hydrogen) atoms. The SMILES string of the molecule is O=C(NC(CC1CC1)C(=O)O)c1ccc2c(c1)C(=O)N(C1CCCCC1)C2=O. The van der Waals surface area contributed by atoms with Crippen molar-refractivity contribution in [1.29, 1.82) is 0 Å². The van der Waals surface area contributed by atoms with Gasteiger partial charge in [0.2, 0.25) is 0 Å². The van der Waals surface area contributed by atoms with Crippen molar-refractivity contribution in [3.8, 4) is 0 Å². The number of hydrogen-bond donors (Lipinski definition) is 2. The highest BCUT2D eigenvalue weighted by Gasteiger charge is 2.40. The van der Waals surface area contributed by atoms with Crippen molar-refractivity contribution >= 4 is 23.7 Å². The average Bonchev–Trinajstić information content (AvgIpc) is 3.47. The zero-order valence-electron chi connectivity index (χ0n) is 15.6. The summed E-state index contributed by atoms with van der Waals surface area (Å²) in [4.78, 5) is 50.9. The number of hydrogen-bond acceptors (Lipinski definition) is 4. The third-order valence-electron chi connectivity index (χ3n) is 5.99. The van der Waals surface area contributed by atoms with E-state index in [1.165, 1.54) is 23.1 Å². The summed E-state index contributed by atoms with van der Waals surface area (Å²) < 4.78 is 0. The fraction of sp³-hybridized carbons (Fsp3) is 0.524. The molecule has 0 saturated heterocycles. The summed E-state index contributed by atoms with van der Waals surface area (Å²) >= 11 is 0. The van der Waals surface area contributed by atoms with Crippen molar-refractivity contribution in [3.05, 3.63) is 34.9 Å². The molecule has 3 aliphatic rings. The van der Waals surface area contributed by atoms with Crippen LogP contribution in [0.5, 0.6) is 0 Å². The highest BCUT2D eigenvalue weighted by Crippen LogP contribution is 2.34. The number of carbonyl (C=O) groups is 4. The fourth-order valence-corrected chi connectivity index (χ4v) is 4.22. The highest BCUT2D eigenvalue weighted by atomic mass is 16.4. The van der Waals surface area contributed by atoms with E-state index >= 15 is 0 Å². The van der Waals surface area contributed by atoms with E-state index in [1.54, 1.807) is 0 Å². The molecule has 7 heteroatoms. The second kappa shape index (κ2) is 7.37. The largest absolute Gasteiger partial charge is 0.480 e. The summed E-state index contributed by atoms with van der Waals surface area (Å²) in [7, 11) is 0. The van der Waals surface area contributed by atoms with Crippen LogP contribution < -0.4 is 5.32 Å². The number of rotatable bonds is 6. The zero-order chi connectivity index (χ0) is 19.8. The van der Waals surface area contributed by atoms with Gasteiger partial charge in [-0.3, -0.25) is 19.3 Å². The molecule has 2 N–H and O–H groups in total. The van der Waals surface area contributed by atoms with Crippen molar-refractivity contribution in [3.63, 3.8) is 0 Å². The van der Waals surface area contributed by atoms with Crippen molar-refractivity contribution in [1.82, 2.24) is 10.2 Å². The van der Waals surface area contributed by atoms with Crippen LogP contribution in [0, 0.1) is 5.92 Å². The number of carboxylic acids is 1. The molecule has 2 aliphatic carbocycles. The lowest BCUT2D eigenvalue weighted by atomic mass is 9.94. The number of amides is 3. The Morgan fingerprint density at radius 2 is 1.71 bits per heavy atom. The number of imide groups is 1. The molecule has 7 nitrogen and oxygen atoms in total. The van der Waals surface area contributed by atoms with Crippen LogP contribution in [0.15, 0.2) is 18.2 Å². The fourth-order valence-electron chi connectivity index (χ4n) is 4.22. The molecule has 0 radical (unpaired) electrons. The van der Waals surface area contributed by atoms with Crippen molar-refractivity contribution in [2.24, 2.45) is 5.92 Å². The molecule has 1 aliphatic heterocycles. The predicted molar refractivity (Wildman–Crippen MR) is 100 cm³/mol. The average molecular weight is 384 g/mol. The van der Waals surface area contributed by atoms with Gasteiger partial charge in [0, 0.05) is 11.6 Å². The van der Waals surface area contributed by atoms with Gasteiger partial charge in [-0.15, -0.1) is 0 Å². The first-order valence-electron chi connectivity index (χ1n) is 10.0. The smallest absolute Gasteiger partial charge is 0.326 e. The van der Waals surface area contributed by atoms with E-state index in [9.17, 15) is 24.3 Å². The Hall–Kier alpha value is -2.70. The van der Waals surface area contributed by atoms with Gasteiger partial charge >= 0.3 is 5.97 Å². The normalized spacial score (nSPS) is 20.8. The van der Waals surface area contributed by atoms with Gasteiger partial charge in [-0.2, -0.15) is 0 Å². The van der Waals surface area contributed by atoms with Gasteiger partial charge < -0.3 is 10.4 Å². The van der Waals surface area contributed by atoms with Crippen LogP contribution in [-0.4, -0.2) is 45.8 Å². The van der Waals surface area contributed by atoms with Gasteiger partial charge in [-0.1, -0.05) is 32.1 Å². The summed E-state index contributed by atoms with van der Waals surface area (Å²) in [5.74, 6) is -1.89. The number of nitrogens with one attached hydrogen (secondary N) is 1. The summed E-state index contributed by atoms with van der Waals surface area (Å²) in [6.45, 7) is 0. The molecule has 1 atom stereocenters. The first-order valence-corrected chi connectivity index (χ1v) is 10.0. The Bertz CT molecular complexity index is 839. The number of fused-ring (bicyclic) bond motifs is 1. The number of carboxylic acid groups (broad SMARTS) is 1. The second-order valence-corrected chi connectivity index (χ2v) is 8.08. The summed E-state index contributed by atoms with van der Waals surface area (Å²) in [6.07, 6.45) is 7.17. The molecule has 1 aromatic rings. The van der Waals surface area contributed by atoms with E-state index in [0.717, 1.165) is 44.9 Å².